The van der Waals surface area contributed by atoms with E-state index in [-0.39, 0.29) is 0 Å². The fourth-order valence-corrected chi connectivity index (χ4v) is 3.19. The van der Waals surface area contributed by atoms with Gasteiger partial charge in [-0.05, 0) is 36.3 Å². The molecular formula is C20H19N3. The minimum absolute atomic E-state index is 0.439. The molecule has 0 atom stereocenters. The van der Waals surface area contributed by atoms with Gasteiger partial charge >= 0.3 is 0 Å². The molecular weight excluding hydrogens is 282 g/mol. The number of aromatic nitrogens is 1. The van der Waals surface area contributed by atoms with Gasteiger partial charge in [0.25, 0.3) is 0 Å². The summed E-state index contributed by atoms with van der Waals surface area (Å²) in [6.45, 7) is 0. The highest BCUT2D eigenvalue weighted by atomic mass is 15.0. The lowest BCUT2D eigenvalue weighted by molar-refractivity contribution is 0.773. The molecule has 1 aliphatic carbocycles. The summed E-state index contributed by atoms with van der Waals surface area (Å²) in [7, 11) is 0. The summed E-state index contributed by atoms with van der Waals surface area (Å²) in [6.07, 6.45) is 9.35. The quantitative estimate of drug-likeness (QED) is 0.703. The van der Waals surface area contributed by atoms with Gasteiger partial charge in [0.15, 0.2) is 0 Å². The summed E-state index contributed by atoms with van der Waals surface area (Å²) in [4.78, 5) is 0. The van der Waals surface area contributed by atoms with E-state index in [1.165, 1.54) is 22.2 Å². The zero-order chi connectivity index (χ0) is 15.8. The van der Waals surface area contributed by atoms with E-state index in [4.69, 9.17) is 11.5 Å². The van der Waals surface area contributed by atoms with E-state index in [9.17, 15) is 0 Å². The van der Waals surface area contributed by atoms with E-state index >= 15 is 0 Å². The number of nitrogens with two attached hydrogens (primary N) is 2. The lowest BCUT2D eigenvalue weighted by Gasteiger charge is -2.11. The number of allylic oxidation sites excluding steroid dienone is 2. The minimum Gasteiger partial charge on any atom is -0.312 e. The van der Waals surface area contributed by atoms with Gasteiger partial charge in [-0.25, -0.2) is 0 Å². The summed E-state index contributed by atoms with van der Waals surface area (Å²) < 4.78 is 2.29. The molecule has 1 aromatic heterocycles. The summed E-state index contributed by atoms with van der Waals surface area (Å²) in [5.74, 6) is 0. The van der Waals surface area contributed by atoms with Crippen LogP contribution in [0.3, 0.4) is 0 Å². The van der Waals surface area contributed by atoms with Crippen LogP contribution in [-0.2, 0) is 0 Å². The maximum absolute atomic E-state index is 5.76. The second-order valence-corrected chi connectivity index (χ2v) is 5.81. The van der Waals surface area contributed by atoms with Crippen LogP contribution in [0.25, 0.3) is 28.7 Å². The summed E-state index contributed by atoms with van der Waals surface area (Å²) >= 11 is 0. The average Bonchev–Trinajstić information content (AvgIpc) is 2.72. The number of rotatable bonds is 2. The van der Waals surface area contributed by atoms with Gasteiger partial charge in [-0.2, -0.15) is 0 Å². The molecule has 0 bridgehead atoms. The first-order chi connectivity index (χ1) is 11.3. The predicted molar refractivity (Wildman–Crippen MR) is 97.1 cm³/mol. The van der Waals surface area contributed by atoms with E-state index in [0.29, 0.717) is 0 Å². The Hall–Kier alpha value is -2.62. The Bertz CT molecular complexity index is 912. The molecule has 0 aliphatic heterocycles. The fourth-order valence-electron chi connectivity index (χ4n) is 3.19. The van der Waals surface area contributed by atoms with Gasteiger partial charge < -0.3 is 16.0 Å². The highest BCUT2D eigenvalue weighted by Crippen LogP contribution is 2.33. The van der Waals surface area contributed by atoms with E-state index in [2.05, 4.69) is 65.3 Å². The van der Waals surface area contributed by atoms with Gasteiger partial charge in [0.1, 0.15) is 0 Å². The molecule has 114 valence electrons. The molecule has 0 radical (unpaired) electrons. The molecule has 3 aromatic rings. The van der Waals surface area contributed by atoms with Gasteiger partial charge in [-0.15, -0.1) is 0 Å². The Morgan fingerprint density at radius 1 is 0.870 bits per heavy atom. The molecule has 1 aliphatic rings. The van der Waals surface area contributed by atoms with Crippen LogP contribution in [0.5, 0.6) is 0 Å². The van der Waals surface area contributed by atoms with Gasteiger partial charge in [0, 0.05) is 16.6 Å². The van der Waals surface area contributed by atoms with E-state index in [1.807, 2.05) is 12.1 Å². The standard InChI is InChI=1S/C20H19N3/c21-20(22)14-10-12-15(13-11-14)23-18-8-3-1-2-6-16(18)17-7-4-5-9-19(17)23/h2-13,20H,1,21-22H2. The predicted octanol–water partition coefficient (Wildman–Crippen LogP) is 3.98. The monoisotopic (exact) mass is 301 g/mol. The van der Waals surface area contributed by atoms with Crippen molar-refractivity contribution in [2.24, 2.45) is 11.5 Å². The number of nitrogens with zero attached hydrogens (tertiary/aromatic N) is 1. The average molecular weight is 301 g/mol. The van der Waals surface area contributed by atoms with Crippen LogP contribution < -0.4 is 11.5 Å². The third kappa shape index (κ3) is 2.31. The summed E-state index contributed by atoms with van der Waals surface area (Å²) in [5.41, 5.74) is 17.3. The zero-order valence-electron chi connectivity index (χ0n) is 12.8. The molecule has 3 nitrogen and oxygen atoms in total. The molecule has 4 N–H and O–H groups in total. The first kappa shape index (κ1) is 14.0. The van der Waals surface area contributed by atoms with Crippen molar-refractivity contribution < 1.29 is 0 Å². The van der Waals surface area contributed by atoms with E-state index in [1.54, 1.807) is 0 Å². The highest BCUT2D eigenvalue weighted by Gasteiger charge is 2.15. The van der Waals surface area contributed by atoms with E-state index < -0.39 is 6.17 Å². The number of hydrogen-bond donors (Lipinski definition) is 2. The first-order valence-corrected chi connectivity index (χ1v) is 7.84. The smallest absolute Gasteiger partial charge is 0.0784 e. The van der Waals surface area contributed by atoms with Crippen LogP contribution in [0.1, 0.15) is 29.4 Å². The third-order valence-electron chi connectivity index (χ3n) is 4.32. The van der Waals surface area contributed by atoms with Crippen molar-refractivity contribution in [1.82, 2.24) is 4.57 Å². The van der Waals surface area contributed by atoms with Crippen molar-refractivity contribution in [3.8, 4) is 5.69 Å². The van der Waals surface area contributed by atoms with Gasteiger partial charge in [-0.1, -0.05) is 48.6 Å². The Morgan fingerprint density at radius 2 is 1.61 bits per heavy atom. The molecule has 0 saturated carbocycles. The van der Waals surface area contributed by atoms with Gasteiger partial charge in [0.2, 0.25) is 0 Å². The Kier molecular flexibility index (Phi) is 3.37. The van der Waals surface area contributed by atoms with E-state index in [0.717, 1.165) is 17.7 Å². The lowest BCUT2D eigenvalue weighted by Crippen LogP contribution is -2.19. The maximum atomic E-state index is 5.76. The molecule has 23 heavy (non-hydrogen) atoms. The third-order valence-corrected chi connectivity index (χ3v) is 4.32. The summed E-state index contributed by atoms with van der Waals surface area (Å²) in [5, 5.41) is 1.27. The van der Waals surface area contributed by atoms with Crippen LogP contribution in [0.2, 0.25) is 0 Å². The molecule has 0 amide bonds. The molecule has 2 aromatic carbocycles. The minimum atomic E-state index is -0.439. The highest BCUT2D eigenvalue weighted by molar-refractivity contribution is 5.95. The second-order valence-electron chi connectivity index (χ2n) is 5.81. The molecule has 0 saturated heterocycles. The van der Waals surface area contributed by atoms with Crippen LogP contribution in [0, 0.1) is 0 Å². The maximum Gasteiger partial charge on any atom is 0.0784 e. The zero-order valence-corrected chi connectivity index (χ0v) is 12.8. The molecule has 3 heteroatoms. The number of benzene rings is 2. The SMILES string of the molecule is NC(N)c1ccc(-n2c3c(c4ccccc42)C=CCC=C3)cc1. The van der Waals surface area contributed by atoms with Crippen molar-refractivity contribution in [1.29, 1.82) is 0 Å². The largest absolute Gasteiger partial charge is 0.312 e. The molecule has 4 rings (SSSR count). The molecule has 0 fully saturated rings. The van der Waals surface area contributed by atoms with Crippen molar-refractivity contribution in [2.45, 2.75) is 12.6 Å². The topological polar surface area (TPSA) is 57.0 Å². The van der Waals surface area contributed by atoms with Crippen molar-refractivity contribution in [3.63, 3.8) is 0 Å². The first-order valence-electron chi connectivity index (χ1n) is 7.84. The second kappa shape index (κ2) is 5.54. The van der Waals surface area contributed by atoms with Gasteiger partial charge in [0.05, 0.1) is 17.4 Å². The van der Waals surface area contributed by atoms with Crippen LogP contribution >= 0.6 is 0 Å². The molecule has 1 heterocycles. The Morgan fingerprint density at radius 3 is 2.39 bits per heavy atom. The van der Waals surface area contributed by atoms with Crippen molar-refractivity contribution >= 4 is 23.1 Å². The molecule has 0 unspecified atom stereocenters. The molecule has 0 spiro atoms. The number of hydrogen-bond acceptors (Lipinski definition) is 2. The van der Waals surface area contributed by atoms with Crippen molar-refractivity contribution in [2.75, 3.05) is 0 Å². The van der Waals surface area contributed by atoms with Crippen molar-refractivity contribution in [3.05, 3.63) is 77.5 Å². The Balaban J connectivity index is 1.99. The van der Waals surface area contributed by atoms with Crippen LogP contribution in [-0.4, -0.2) is 4.57 Å². The lowest BCUT2D eigenvalue weighted by atomic mass is 10.1. The Labute approximate surface area is 135 Å². The summed E-state index contributed by atoms with van der Waals surface area (Å²) in [6, 6.07) is 16.7. The van der Waals surface area contributed by atoms with Crippen LogP contribution in [0.4, 0.5) is 0 Å². The van der Waals surface area contributed by atoms with Crippen LogP contribution in [0.15, 0.2) is 60.7 Å². The number of fused-ring (bicyclic) bond motifs is 3. The number of para-hydroxylation sites is 1. The normalized spacial score (nSPS) is 13.5. The van der Waals surface area contributed by atoms with Gasteiger partial charge in [-0.3, -0.25) is 0 Å². The fraction of sp³-hybridized carbons (Fsp3) is 0.100.